The van der Waals surface area contributed by atoms with Crippen LogP contribution in [-0.2, 0) is 16.2 Å². The molecule has 224 valence electrons. The smallest absolute Gasteiger partial charge is 0.416 e. The van der Waals surface area contributed by atoms with Gasteiger partial charge in [0.25, 0.3) is 10.0 Å². The third-order valence-corrected chi connectivity index (χ3v) is 9.51. The molecule has 2 atom stereocenters. The number of hydrogen-bond donors (Lipinski definition) is 1. The Balaban J connectivity index is 1.52. The van der Waals surface area contributed by atoms with Gasteiger partial charge in [0.2, 0.25) is 0 Å². The average molecular weight is 625 g/mol. The van der Waals surface area contributed by atoms with Crippen molar-refractivity contribution in [1.29, 1.82) is 0 Å². The maximum absolute atomic E-state index is 14.5. The molecule has 2 aliphatic rings. The number of anilines is 1. The van der Waals surface area contributed by atoms with E-state index in [0.717, 1.165) is 22.5 Å². The van der Waals surface area contributed by atoms with Crippen LogP contribution in [0.15, 0.2) is 65.6 Å². The number of alkyl halides is 3. The normalized spacial score (nSPS) is 20.0. The number of nitrogens with zero attached hydrogens (tertiary/aromatic N) is 2. The first-order valence-electron chi connectivity index (χ1n) is 13.4. The number of aliphatic hydroxyl groups excluding tert-OH is 1. The predicted molar refractivity (Wildman–Crippen MR) is 153 cm³/mol. The van der Waals surface area contributed by atoms with Gasteiger partial charge in [0.1, 0.15) is 17.7 Å². The van der Waals surface area contributed by atoms with E-state index in [2.05, 4.69) is 4.90 Å². The van der Waals surface area contributed by atoms with Crippen molar-refractivity contribution in [3.8, 4) is 5.75 Å². The van der Waals surface area contributed by atoms with Gasteiger partial charge >= 0.3 is 6.18 Å². The number of benzene rings is 3. The molecule has 2 heterocycles. The maximum atomic E-state index is 14.5. The summed E-state index contributed by atoms with van der Waals surface area (Å²) in [5.74, 6) is -0.262. The van der Waals surface area contributed by atoms with Crippen LogP contribution in [0, 0.1) is 5.82 Å². The lowest BCUT2D eigenvalue weighted by molar-refractivity contribution is -0.137. The Labute approximate surface area is 246 Å². The summed E-state index contributed by atoms with van der Waals surface area (Å²) in [6.07, 6.45) is -2.99. The van der Waals surface area contributed by atoms with E-state index < -0.39 is 44.7 Å². The molecule has 0 aromatic heterocycles. The van der Waals surface area contributed by atoms with E-state index in [0.29, 0.717) is 49.7 Å². The summed E-state index contributed by atoms with van der Waals surface area (Å²) < 4.78 is 89.9. The van der Waals surface area contributed by atoms with Crippen molar-refractivity contribution in [2.75, 3.05) is 30.5 Å². The fourth-order valence-corrected chi connectivity index (χ4v) is 7.15. The molecule has 1 fully saturated rings. The van der Waals surface area contributed by atoms with E-state index in [1.165, 1.54) is 12.1 Å². The Morgan fingerprint density at radius 1 is 1.12 bits per heavy atom. The summed E-state index contributed by atoms with van der Waals surface area (Å²) in [4.78, 5) is 1.56. The highest BCUT2D eigenvalue weighted by Gasteiger charge is 2.37. The molecule has 3 aromatic rings. The molecule has 0 aliphatic carbocycles. The summed E-state index contributed by atoms with van der Waals surface area (Å²) in [6, 6.07) is 12.8. The summed E-state index contributed by atoms with van der Waals surface area (Å²) in [5.41, 5.74) is 0.293. The van der Waals surface area contributed by atoms with E-state index >= 15 is 0 Å². The summed E-state index contributed by atoms with van der Waals surface area (Å²) >= 11 is 6.22. The lowest BCUT2D eigenvalue weighted by atomic mass is 10.0. The molecule has 1 N–H and O–H groups in total. The van der Waals surface area contributed by atoms with Crippen molar-refractivity contribution < 1.29 is 35.8 Å². The lowest BCUT2D eigenvalue weighted by Gasteiger charge is -2.36. The zero-order valence-corrected chi connectivity index (χ0v) is 24.2. The first kappa shape index (κ1) is 30.3. The SMILES string of the molecule is C/C(=C\c1ccc2c(c1)N(S(=O)(=O)c1cccc(C(F)(F)F)c1)CC(CCN1CCC(O)C1)O2)c1c(F)cccc1Cl. The van der Waals surface area contributed by atoms with Crippen LogP contribution in [0.1, 0.15) is 36.5 Å². The number of rotatable bonds is 7. The van der Waals surface area contributed by atoms with Crippen molar-refractivity contribution in [2.45, 2.75) is 43.0 Å². The third kappa shape index (κ3) is 6.44. The molecule has 6 nitrogen and oxygen atoms in total. The predicted octanol–water partition coefficient (Wildman–Crippen LogP) is 6.47. The minimum Gasteiger partial charge on any atom is -0.486 e. The number of sulfonamides is 1. The highest BCUT2D eigenvalue weighted by Crippen LogP contribution is 2.40. The lowest BCUT2D eigenvalue weighted by Crippen LogP contribution is -2.44. The number of hydrogen-bond acceptors (Lipinski definition) is 5. The molecule has 0 saturated carbocycles. The average Bonchev–Trinajstić information content (AvgIpc) is 3.36. The molecular formula is C30H29ClF4N2O4S. The van der Waals surface area contributed by atoms with Gasteiger partial charge in [-0.2, -0.15) is 13.2 Å². The fourth-order valence-electron chi connectivity index (χ4n) is 5.30. The standard InChI is InChI=1S/C30H29ClF4N2O4S/c1-19(29-25(31)6-3-7-26(29)32)14-20-8-9-28-27(15-20)37(18-23(41-28)11-13-36-12-10-22(38)17-36)42(39,40)24-5-2-4-21(16-24)30(33,34)35/h2-9,14-16,22-23,38H,10-13,17-18H2,1H3/b19-14+. The van der Waals surface area contributed by atoms with Gasteiger partial charge in [0.05, 0.1) is 33.8 Å². The largest absolute Gasteiger partial charge is 0.486 e. The number of likely N-dealkylation sites (tertiary alicyclic amines) is 1. The van der Waals surface area contributed by atoms with Crippen molar-refractivity contribution in [2.24, 2.45) is 0 Å². The number of fused-ring (bicyclic) bond motifs is 1. The van der Waals surface area contributed by atoms with Gasteiger partial charge in [0, 0.05) is 25.2 Å². The Kier molecular flexibility index (Phi) is 8.58. The minimum atomic E-state index is -4.72. The van der Waals surface area contributed by atoms with Crippen LogP contribution >= 0.6 is 11.6 Å². The molecule has 0 spiro atoms. The van der Waals surface area contributed by atoms with Gasteiger partial charge in [-0.15, -0.1) is 0 Å². The van der Waals surface area contributed by atoms with Crippen LogP contribution in [0.5, 0.6) is 5.75 Å². The minimum absolute atomic E-state index is 0.132. The van der Waals surface area contributed by atoms with E-state index in [4.69, 9.17) is 16.3 Å². The zero-order chi connectivity index (χ0) is 30.2. The second kappa shape index (κ2) is 11.9. The van der Waals surface area contributed by atoms with Crippen molar-refractivity contribution in [3.63, 3.8) is 0 Å². The second-order valence-electron chi connectivity index (χ2n) is 10.5. The van der Waals surface area contributed by atoms with E-state index in [9.17, 15) is 31.1 Å². The Bertz CT molecular complexity index is 1590. The van der Waals surface area contributed by atoms with Crippen LogP contribution in [0.25, 0.3) is 11.6 Å². The molecule has 1 saturated heterocycles. The molecule has 12 heteroatoms. The van der Waals surface area contributed by atoms with Crippen LogP contribution in [0.4, 0.5) is 23.2 Å². The van der Waals surface area contributed by atoms with Gasteiger partial charge in [0.15, 0.2) is 0 Å². The van der Waals surface area contributed by atoms with Gasteiger partial charge in [-0.3, -0.25) is 4.31 Å². The Morgan fingerprint density at radius 3 is 2.57 bits per heavy atom. The van der Waals surface area contributed by atoms with E-state index in [1.54, 1.807) is 37.3 Å². The number of allylic oxidation sites excluding steroid dienone is 1. The summed E-state index contributed by atoms with van der Waals surface area (Å²) in [6.45, 7) is 3.31. The molecule has 3 aromatic carbocycles. The molecule has 2 aliphatic heterocycles. The van der Waals surface area contributed by atoms with Gasteiger partial charge in [-0.25, -0.2) is 12.8 Å². The number of β-amino-alcohol motifs (C(OH)–C–C–N with tert-alkyl or cyclic N) is 1. The van der Waals surface area contributed by atoms with Gasteiger partial charge in [-0.05, 0) is 73.4 Å². The first-order chi connectivity index (χ1) is 19.8. The summed E-state index contributed by atoms with van der Waals surface area (Å²) in [7, 11) is -4.45. The van der Waals surface area contributed by atoms with Crippen molar-refractivity contribution in [1.82, 2.24) is 4.90 Å². The number of aliphatic hydroxyl groups is 1. The highest BCUT2D eigenvalue weighted by atomic mass is 35.5. The molecule has 2 unspecified atom stereocenters. The monoisotopic (exact) mass is 624 g/mol. The molecule has 0 amide bonds. The van der Waals surface area contributed by atoms with Crippen LogP contribution in [0.2, 0.25) is 5.02 Å². The maximum Gasteiger partial charge on any atom is 0.416 e. The van der Waals surface area contributed by atoms with Crippen molar-refractivity contribution in [3.05, 3.63) is 88.2 Å². The second-order valence-corrected chi connectivity index (χ2v) is 12.8. The fraction of sp³-hybridized carbons (Fsp3) is 0.333. The highest BCUT2D eigenvalue weighted by molar-refractivity contribution is 7.92. The number of halogens is 5. The Morgan fingerprint density at radius 2 is 1.88 bits per heavy atom. The molecule has 0 radical (unpaired) electrons. The van der Waals surface area contributed by atoms with Crippen LogP contribution in [-0.4, -0.2) is 56.8 Å². The van der Waals surface area contributed by atoms with Gasteiger partial charge in [-0.1, -0.05) is 35.9 Å². The molecule has 0 bridgehead atoms. The molecule has 42 heavy (non-hydrogen) atoms. The topological polar surface area (TPSA) is 70.1 Å². The third-order valence-electron chi connectivity index (χ3n) is 7.42. The van der Waals surface area contributed by atoms with Crippen molar-refractivity contribution >= 4 is 39.0 Å². The number of ether oxygens (including phenoxy) is 1. The zero-order valence-electron chi connectivity index (χ0n) is 22.6. The van der Waals surface area contributed by atoms with E-state index in [1.807, 2.05) is 0 Å². The molecular weight excluding hydrogens is 596 g/mol. The van der Waals surface area contributed by atoms with Gasteiger partial charge < -0.3 is 14.7 Å². The molecule has 5 rings (SSSR count). The van der Waals surface area contributed by atoms with Crippen LogP contribution < -0.4 is 9.04 Å². The van der Waals surface area contributed by atoms with E-state index in [-0.39, 0.29) is 28.6 Å². The van der Waals surface area contributed by atoms with Crippen LogP contribution in [0.3, 0.4) is 0 Å². The Hall–Kier alpha value is -3.12. The first-order valence-corrected chi connectivity index (χ1v) is 15.2. The quantitative estimate of drug-likeness (QED) is 0.241. The summed E-state index contributed by atoms with van der Waals surface area (Å²) in [5, 5.41) is 10.1.